The fourth-order valence-corrected chi connectivity index (χ4v) is 1.71. The summed E-state index contributed by atoms with van der Waals surface area (Å²) in [5, 5.41) is 1.80. The molecule has 0 fully saturated rings. The third-order valence-corrected chi connectivity index (χ3v) is 2.61. The van der Waals surface area contributed by atoms with Gasteiger partial charge in [-0.1, -0.05) is 36.4 Å². The first-order valence-corrected chi connectivity index (χ1v) is 5.58. The second kappa shape index (κ2) is 5.46. The number of hydrogen-bond donors (Lipinski definition) is 0. The maximum Gasteiger partial charge on any atom is 0.155 e. The number of hydroxylamine groups is 1. The van der Waals surface area contributed by atoms with Gasteiger partial charge in [-0.15, -0.1) is 0 Å². The smallest absolute Gasteiger partial charge is 0.155 e. The van der Waals surface area contributed by atoms with Crippen LogP contribution in [0.15, 0.2) is 48.7 Å². The number of benzene rings is 1. The van der Waals surface area contributed by atoms with E-state index in [1.807, 2.05) is 37.3 Å². The molecule has 1 heterocycles. The summed E-state index contributed by atoms with van der Waals surface area (Å²) in [6.45, 7) is 2.72. The van der Waals surface area contributed by atoms with E-state index in [9.17, 15) is 0 Å². The molecule has 1 aromatic carbocycles. The molecular weight excluding hydrogens is 212 g/mol. The van der Waals surface area contributed by atoms with Crippen molar-refractivity contribution in [3.05, 3.63) is 59.8 Å². The van der Waals surface area contributed by atoms with E-state index >= 15 is 0 Å². The van der Waals surface area contributed by atoms with Gasteiger partial charge in [0.05, 0.1) is 13.7 Å². The predicted octanol–water partition coefficient (Wildman–Crippen LogP) is 2.96. The number of anilines is 1. The maximum atomic E-state index is 5.39. The van der Waals surface area contributed by atoms with E-state index in [2.05, 4.69) is 17.1 Å². The van der Waals surface area contributed by atoms with Crippen molar-refractivity contribution in [1.82, 2.24) is 4.98 Å². The summed E-state index contributed by atoms with van der Waals surface area (Å²) in [4.78, 5) is 9.74. The second-order valence-electron chi connectivity index (χ2n) is 3.85. The maximum absolute atomic E-state index is 5.39. The normalized spacial score (nSPS) is 10.2. The highest BCUT2D eigenvalue weighted by Gasteiger charge is 2.10. The highest BCUT2D eigenvalue weighted by Crippen LogP contribution is 2.18. The quantitative estimate of drug-likeness (QED) is 0.752. The third-order valence-electron chi connectivity index (χ3n) is 2.61. The van der Waals surface area contributed by atoms with Crippen molar-refractivity contribution >= 4 is 5.82 Å². The van der Waals surface area contributed by atoms with Crippen molar-refractivity contribution in [3.63, 3.8) is 0 Å². The van der Waals surface area contributed by atoms with E-state index in [4.69, 9.17) is 4.84 Å². The number of nitrogens with zero attached hydrogens (tertiary/aromatic N) is 2. The molecule has 3 nitrogen and oxygen atoms in total. The van der Waals surface area contributed by atoms with Crippen molar-refractivity contribution in [2.24, 2.45) is 0 Å². The van der Waals surface area contributed by atoms with Crippen LogP contribution in [0.3, 0.4) is 0 Å². The van der Waals surface area contributed by atoms with Crippen molar-refractivity contribution < 1.29 is 4.84 Å². The minimum Gasteiger partial charge on any atom is -0.275 e. The van der Waals surface area contributed by atoms with Crippen LogP contribution >= 0.6 is 0 Å². The molecule has 0 amide bonds. The standard InChI is InChI=1S/C14H16N2O/c1-12-7-6-10-15-14(12)16(17-2)11-13-8-4-3-5-9-13/h3-10H,11H2,1-2H3. The van der Waals surface area contributed by atoms with Crippen LogP contribution in [0.5, 0.6) is 0 Å². The summed E-state index contributed by atoms with van der Waals surface area (Å²) in [6, 6.07) is 14.2. The first kappa shape index (κ1) is 11.6. The third kappa shape index (κ3) is 2.82. The van der Waals surface area contributed by atoms with Gasteiger partial charge in [-0.3, -0.25) is 4.84 Å². The Balaban J connectivity index is 2.21. The van der Waals surface area contributed by atoms with Gasteiger partial charge in [0.15, 0.2) is 5.82 Å². The van der Waals surface area contributed by atoms with Crippen LogP contribution < -0.4 is 5.06 Å². The van der Waals surface area contributed by atoms with Gasteiger partial charge < -0.3 is 0 Å². The van der Waals surface area contributed by atoms with Crippen molar-refractivity contribution in [3.8, 4) is 0 Å². The lowest BCUT2D eigenvalue weighted by Crippen LogP contribution is -2.22. The van der Waals surface area contributed by atoms with E-state index in [-0.39, 0.29) is 0 Å². The molecular formula is C14H16N2O. The van der Waals surface area contributed by atoms with Gasteiger partial charge in [0.1, 0.15) is 0 Å². The average molecular weight is 228 g/mol. The zero-order chi connectivity index (χ0) is 12.1. The van der Waals surface area contributed by atoms with Gasteiger partial charge in [0, 0.05) is 6.20 Å². The molecule has 0 radical (unpaired) electrons. The van der Waals surface area contributed by atoms with E-state index in [1.165, 1.54) is 5.56 Å². The molecule has 17 heavy (non-hydrogen) atoms. The Hall–Kier alpha value is -1.87. The van der Waals surface area contributed by atoms with Crippen LogP contribution in [0.2, 0.25) is 0 Å². The molecule has 3 heteroatoms. The van der Waals surface area contributed by atoms with Crippen molar-refractivity contribution in [2.75, 3.05) is 12.2 Å². The molecule has 0 bridgehead atoms. The fourth-order valence-electron chi connectivity index (χ4n) is 1.71. The Kier molecular flexibility index (Phi) is 3.73. The Labute approximate surface area is 102 Å². The summed E-state index contributed by atoms with van der Waals surface area (Å²) >= 11 is 0. The van der Waals surface area contributed by atoms with E-state index in [0.717, 1.165) is 11.4 Å². The van der Waals surface area contributed by atoms with Crippen LogP contribution in [0.1, 0.15) is 11.1 Å². The summed E-state index contributed by atoms with van der Waals surface area (Å²) in [6.07, 6.45) is 1.78. The molecule has 0 saturated heterocycles. The molecule has 0 spiro atoms. The van der Waals surface area contributed by atoms with Crippen molar-refractivity contribution in [2.45, 2.75) is 13.5 Å². The molecule has 0 N–H and O–H groups in total. The monoisotopic (exact) mass is 228 g/mol. The lowest BCUT2D eigenvalue weighted by Gasteiger charge is -2.22. The molecule has 0 unspecified atom stereocenters. The average Bonchev–Trinajstić information content (AvgIpc) is 2.38. The SMILES string of the molecule is CON(Cc1ccccc1)c1ncccc1C. The van der Waals surface area contributed by atoms with Gasteiger partial charge in [0.2, 0.25) is 0 Å². The van der Waals surface area contributed by atoms with Gasteiger partial charge in [-0.05, 0) is 24.1 Å². The Bertz CT molecular complexity index is 471. The van der Waals surface area contributed by atoms with Crippen LogP contribution in [0, 0.1) is 6.92 Å². The molecule has 2 aromatic rings. The minimum atomic E-state index is 0.690. The van der Waals surface area contributed by atoms with E-state index in [1.54, 1.807) is 18.4 Å². The van der Waals surface area contributed by atoms with Crippen LogP contribution in [0.25, 0.3) is 0 Å². The van der Waals surface area contributed by atoms with E-state index < -0.39 is 0 Å². The number of aryl methyl sites for hydroxylation is 1. The molecule has 0 aliphatic carbocycles. The first-order chi connectivity index (χ1) is 8.31. The largest absolute Gasteiger partial charge is 0.275 e. The van der Waals surface area contributed by atoms with E-state index in [0.29, 0.717) is 6.54 Å². The summed E-state index contributed by atoms with van der Waals surface area (Å²) in [5.74, 6) is 0.860. The highest BCUT2D eigenvalue weighted by atomic mass is 16.7. The number of aromatic nitrogens is 1. The molecule has 0 atom stereocenters. The highest BCUT2D eigenvalue weighted by molar-refractivity contribution is 5.43. The Morgan fingerprint density at radius 2 is 1.88 bits per heavy atom. The van der Waals surface area contributed by atoms with Crippen LogP contribution in [-0.4, -0.2) is 12.1 Å². The molecule has 0 aliphatic rings. The zero-order valence-electron chi connectivity index (χ0n) is 10.1. The minimum absolute atomic E-state index is 0.690. The molecule has 88 valence electrons. The molecule has 2 rings (SSSR count). The first-order valence-electron chi connectivity index (χ1n) is 5.58. The fraction of sp³-hybridized carbons (Fsp3) is 0.214. The summed E-state index contributed by atoms with van der Waals surface area (Å²) < 4.78 is 0. The summed E-state index contributed by atoms with van der Waals surface area (Å²) in [7, 11) is 1.66. The predicted molar refractivity (Wildman–Crippen MR) is 68.6 cm³/mol. The Morgan fingerprint density at radius 1 is 1.12 bits per heavy atom. The molecule has 1 aromatic heterocycles. The van der Waals surface area contributed by atoms with Gasteiger partial charge >= 0.3 is 0 Å². The van der Waals surface area contributed by atoms with Gasteiger partial charge in [-0.25, -0.2) is 10.0 Å². The van der Waals surface area contributed by atoms with Gasteiger partial charge in [0.25, 0.3) is 0 Å². The number of rotatable bonds is 4. The molecule has 0 saturated carbocycles. The lowest BCUT2D eigenvalue weighted by atomic mass is 10.2. The zero-order valence-corrected chi connectivity index (χ0v) is 10.1. The summed E-state index contributed by atoms with van der Waals surface area (Å²) in [5.41, 5.74) is 2.30. The lowest BCUT2D eigenvalue weighted by molar-refractivity contribution is 0.160. The second-order valence-corrected chi connectivity index (χ2v) is 3.85. The van der Waals surface area contributed by atoms with Gasteiger partial charge in [-0.2, -0.15) is 0 Å². The number of hydrogen-bond acceptors (Lipinski definition) is 3. The van der Waals surface area contributed by atoms with Crippen LogP contribution in [-0.2, 0) is 11.4 Å². The molecule has 0 aliphatic heterocycles. The van der Waals surface area contributed by atoms with Crippen molar-refractivity contribution in [1.29, 1.82) is 0 Å². The van der Waals surface area contributed by atoms with Crippen LogP contribution in [0.4, 0.5) is 5.82 Å². The Morgan fingerprint density at radius 3 is 2.53 bits per heavy atom. The topological polar surface area (TPSA) is 25.4 Å². The number of pyridine rings is 1.